The van der Waals surface area contributed by atoms with E-state index < -0.39 is 0 Å². The summed E-state index contributed by atoms with van der Waals surface area (Å²) in [6, 6.07) is 9.84. The summed E-state index contributed by atoms with van der Waals surface area (Å²) >= 11 is 1.53. The Morgan fingerprint density at radius 2 is 2.20 bits per heavy atom. The molecule has 1 N–H and O–H groups in total. The van der Waals surface area contributed by atoms with E-state index in [0.717, 1.165) is 11.4 Å². The van der Waals surface area contributed by atoms with Crippen LogP contribution in [0.25, 0.3) is 0 Å². The molecule has 1 aromatic carbocycles. The molecular weight excluding hydrogens is 268 g/mol. The second-order valence-electron chi connectivity index (χ2n) is 4.59. The Morgan fingerprint density at radius 3 is 2.95 bits per heavy atom. The van der Waals surface area contributed by atoms with Crippen molar-refractivity contribution in [2.45, 2.75) is 25.4 Å². The summed E-state index contributed by atoms with van der Waals surface area (Å²) in [5.74, 6) is 0.813. The molecular formula is C16H18N2OS. The van der Waals surface area contributed by atoms with Crippen LogP contribution >= 0.6 is 11.8 Å². The van der Waals surface area contributed by atoms with Gasteiger partial charge in [-0.15, -0.1) is 0 Å². The summed E-state index contributed by atoms with van der Waals surface area (Å²) < 4.78 is 0. The highest BCUT2D eigenvalue weighted by Crippen LogP contribution is 2.13. The molecule has 0 amide bonds. The highest BCUT2D eigenvalue weighted by atomic mass is 32.2. The number of aromatic nitrogens is 2. The number of thioether (sulfide) groups is 1. The summed E-state index contributed by atoms with van der Waals surface area (Å²) in [4.78, 5) is 18.9. The Morgan fingerprint density at radius 1 is 1.35 bits per heavy atom. The number of rotatable bonds is 5. The number of hydrogen-bond donors (Lipinski definition) is 1. The lowest BCUT2D eigenvalue weighted by Crippen LogP contribution is -2.10. The molecule has 0 bridgehead atoms. The van der Waals surface area contributed by atoms with Crippen LogP contribution in [-0.2, 0) is 6.42 Å². The van der Waals surface area contributed by atoms with Crippen molar-refractivity contribution < 1.29 is 0 Å². The third-order valence-corrected chi connectivity index (χ3v) is 3.62. The van der Waals surface area contributed by atoms with Crippen molar-refractivity contribution in [3.05, 3.63) is 69.7 Å². The number of aryl methyl sites for hydroxylation is 1. The van der Waals surface area contributed by atoms with Crippen LogP contribution in [0.1, 0.15) is 23.7 Å². The SMILES string of the molecule is C/C=C/CSc1nc(Cc2cccc(C)c2)cc(=O)[nH]1. The molecule has 0 aliphatic rings. The molecule has 104 valence electrons. The van der Waals surface area contributed by atoms with E-state index in [1.165, 1.54) is 22.9 Å². The van der Waals surface area contributed by atoms with Crippen LogP contribution in [0.15, 0.2) is 52.4 Å². The van der Waals surface area contributed by atoms with Crippen molar-refractivity contribution in [3.8, 4) is 0 Å². The van der Waals surface area contributed by atoms with Gasteiger partial charge < -0.3 is 4.98 Å². The number of H-pyrrole nitrogens is 1. The first kappa shape index (κ1) is 14.6. The van der Waals surface area contributed by atoms with E-state index in [1.54, 1.807) is 6.07 Å². The summed E-state index contributed by atoms with van der Waals surface area (Å²) in [6.07, 6.45) is 4.71. The van der Waals surface area contributed by atoms with E-state index in [2.05, 4.69) is 35.1 Å². The lowest BCUT2D eigenvalue weighted by atomic mass is 10.1. The van der Waals surface area contributed by atoms with Crippen LogP contribution < -0.4 is 5.56 Å². The average molecular weight is 286 g/mol. The third-order valence-electron chi connectivity index (χ3n) is 2.79. The molecule has 1 aromatic heterocycles. The molecule has 0 saturated carbocycles. The minimum Gasteiger partial charge on any atom is -0.301 e. The average Bonchev–Trinajstić information content (AvgIpc) is 2.38. The Kier molecular flexibility index (Phi) is 5.18. The largest absolute Gasteiger partial charge is 0.301 e. The molecule has 20 heavy (non-hydrogen) atoms. The van der Waals surface area contributed by atoms with E-state index in [9.17, 15) is 4.79 Å². The lowest BCUT2D eigenvalue weighted by Gasteiger charge is -2.04. The molecule has 0 aliphatic heterocycles. The Bertz CT molecular complexity index is 662. The maximum absolute atomic E-state index is 11.7. The summed E-state index contributed by atoms with van der Waals surface area (Å²) in [6.45, 7) is 4.04. The molecule has 3 nitrogen and oxygen atoms in total. The van der Waals surface area contributed by atoms with Gasteiger partial charge >= 0.3 is 0 Å². The van der Waals surface area contributed by atoms with Crippen molar-refractivity contribution in [2.24, 2.45) is 0 Å². The minimum atomic E-state index is -0.0920. The van der Waals surface area contributed by atoms with Crippen LogP contribution in [0.2, 0.25) is 0 Å². The van der Waals surface area contributed by atoms with Crippen molar-refractivity contribution in [1.29, 1.82) is 0 Å². The van der Waals surface area contributed by atoms with Gasteiger partial charge in [0, 0.05) is 18.2 Å². The van der Waals surface area contributed by atoms with Crippen molar-refractivity contribution in [1.82, 2.24) is 9.97 Å². The first-order valence-corrected chi connectivity index (χ1v) is 7.55. The number of aromatic amines is 1. The molecule has 0 aliphatic carbocycles. The van der Waals surface area contributed by atoms with Gasteiger partial charge in [-0.3, -0.25) is 4.79 Å². The van der Waals surface area contributed by atoms with Crippen LogP contribution in [0.5, 0.6) is 0 Å². The van der Waals surface area contributed by atoms with E-state index >= 15 is 0 Å². The second-order valence-corrected chi connectivity index (χ2v) is 5.60. The standard InChI is InChI=1S/C16H18N2OS/c1-3-4-8-20-16-17-14(11-15(19)18-16)10-13-7-5-6-12(2)9-13/h3-7,9,11H,8,10H2,1-2H3,(H,17,18,19)/b4-3+. The number of benzene rings is 1. The molecule has 1 heterocycles. The summed E-state index contributed by atoms with van der Waals surface area (Å²) in [5.41, 5.74) is 3.11. The van der Waals surface area contributed by atoms with Gasteiger partial charge in [0.15, 0.2) is 5.16 Å². The van der Waals surface area contributed by atoms with E-state index in [0.29, 0.717) is 11.6 Å². The lowest BCUT2D eigenvalue weighted by molar-refractivity contribution is 0.880. The third kappa shape index (κ3) is 4.38. The number of nitrogens with zero attached hydrogens (tertiary/aromatic N) is 1. The summed E-state index contributed by atoms with van der Waals surface area (Å²) in [7, 11) is 0. The van der Waals surface area contributed by atoms with Crippen LogP contribution in [0.4, 0.5) is 0 Å². The minimum absolute atomic E-state index is 0.0920. The Balaban J connectivity index is 2.17. The number of hydrogen-bond acceptors (Lipinski definition) is 3. The molecule has 2 aromatic rings. The zero-order chi connectivity index (χ0) is 14.4. The predicted molar refractivity (Wildman–Crippen MR) is 84.4 cm³/mol. The van der Waals surface area contributed by atoms with Gasteiger partial charge in [-0.2, -0.15) is 0 Å². The Hall–Kier alpha value is -1.81. The van der Waals surface area contributed by atoms with Crippen molar-refractivity contribution in [2.75, 3.05) is 5.75 Å². The number of allylic oxidation sites excluding steroid dienone is 1. The molecule has 0 saturated heterocycles. The molecule has 2 rings (SSSR count). The van der Waals surface area contributed by atoms with Crippen LogP contribution in [-0.4, -0.2) is 15.7 Å². The van der Waals surface area contributed by atoms with Gasteiger partial charge in [-0.05, 0) is 19.4 Å². The smallest absolute Gasteiger partial charge is 0.251 e. The topological polar surface area (TPSA) is 45.8 Å². The monoisotopic (exact) mass is 286 g/mol. The number of nitrogens with one attached hydrogen (secondary N) is 1. The molecule has 0 radical (unpaired) electrons. The fourth-order valence-electron chi connectivity index (χ4n) is 1.90. The van der Waals surface area contributed by atoms with Gasteiger partial charge in [0.2, 0.25) is 0 Å². The first-order chi connectivity index (χ1) is 9.67. The van der Waals surface area contributed by atoms with Gasteiger partial charge in [-0.1, -0.05) is 53.7 Å². The fourth-order valence-corrected chi connectivity index (χ4v) is 2.70. The van der Waals surface area contributed by atoms with Crippen LogP contribution in [0, 0.1) is 6.92 Å². The van der Waals surface area contributed by atoms with Crippen molar-refractivity contribution >= 4 is 11.8 Å². The van der Waals surface area contributed by atoms with Gasteiger partial charge in [0.05, 0.1) is 5.69 Å². The molecule has 0 unspecified atom stereocenters. The van der Waals surface area contributed by atoms with E-state index in [4.69, 9.17) is 0 Å². The fraction of sp³-hybridized carbons (Fsp3) is 0.250. The molecule has 0 atom stereocenters. The van der Waals surface area contributed by atoms with E-state index in [-0.39, 0.29) is 5.56 Å². The second kappa shape index (κ2) is 7.10. The van der Waals surface area contributed by atoms with Crippen LogP contribution in [0.3, 0.4) is 0 Å². The Labute approximate surface area is 123 Å². The van der Waals surface area contributed by atoms with E-state index in [1.807, 2.05) is 25.1 Å². The predicted octanol–water partition coefficient (Wildman–Crippen LogP) is 3.34. The van der Waals surface area contributed by atoms with Gasteiger partial charge in [0.1, 0.15) is 0 Å². The first-order valence-electron chi connectivity index (χ1n) is 6.57. The molecule has 4 heteroatoms. The maximum atomic E-state index is 11.7. The van der Waals surface area contributed by atoms with Crippen molar-refractivity contribution in [3.63, 3.8) is 0 Å². The summed E-state index contributed by atoms with van der Waals surface area (Å²) in [5, 5.41) is 0.679. The molecule has 0 spiro atoms. The zero-order valence-electron chi connectivity index (χ0n) is 11.7. The highest BCUT2D eigenvalue weighted by molar-refractivity contribution is 7.99. The van der Waals surface area contributed by atoms with Gasteiger partial charge in [0.25, 0.3) is 5.56 Å². The molecule has 0 fully saturated rings. The van der Waals surface area contributed by atoms with Gasteiger partial charge in [-0.25, -0.2) is 4.98 Å². The maximum Gasteiger partial charge on any atom is 0.251 e. The highest BCUT2D eigenvalue weighted by Gasteiger charge is 2.03. The zero-order valence-corrected chi connectivity index (χ0v) is 12.5. The normalized spacial score (nSPS) is 11.1. The quantitative estimate of drug-likeness (QED) is 0.521.